The maximum atomic E-state index is 13.2. The van der Waals surface area contributed by atoms with E-state index in [0.717, 1.165) is 48.1 Å². The van der Waals surface area contributed by atoms with Crippen LogP contribution in [0.15, 0.2) is 71.6 Å². The molecular weight excluding hydrogens is 486 g/mol. The fourth-order valence-electron chi connectivity index (χ4n) is 4.52. The molecule has 37 heavy (non-hydrogen) atoms. The van der Waals surface area contributed by atoms with Crippen LogP contribution in [0.3, 0.4) is 0 Å². The second-order valence-corrected chi connectivity index (χ2v) is 11.7. The Morgan fingerprint density at radius 1 is 0.919 bits per heavy atom. The number of carbonyl (C=O) groups excluding carboxylic acids is 2. The van der Waals surface area contributed by atoms with Crippen molar-refractivity contribution in [2.75, 3.05) is 21.5 Å². The summed E-state index contributed by atoms with van der Waals surface area (Å²) >= 11 is 0. The second kappa shape index (κ2) is 10.0. The lowest BCUT2D eigenvalue weighted by atomic mass is 10.0. The SMILES string of the molecule is CC(C)C(=O)Nc1cccc(-c2ccc(S(=O)(=O)Nc3ccc4c(c3)N(C(=O)C3CC3)CCC4)cc2)c1. The van der Waals surface area contributed by atoms with E-state index in [-0.39, 0.29) is 28.5 Å². The summed E-state index contributed by atoms with van der Waals surface area (Å²) < 4.78 is 29.0. The van der Waals surface area contributed by atoms with Gasteiger partial charge in [0.25, 0.3) is 10.0 Å². The molecule has 192 valence electrons. The average molecular weight is 518 g/mol. The number of sulfonamides is 1. The Hall–Kier alpha value is -3.65. The zero-order chi connectivity index (χ0) is 26.2. The number of carbonyl (C=O) groups is 2. The smallest absolute Gasteiger partial charge is 0.261 e. The summed E-state index contributed by atoms with van der Waals surface area (Å²) in [6.45, 7) is 4.34. The average Bonchev–Trinajstić information content (AvgIpc) is 3.73. The third-order valence-corrected chi connectivity index (χ3v) is 8.20. The molecule has 0 atom stereocenters. The maximum absolute atomic E-state index is 13.2. The predicted octanol–water partition coefficient (Wildman–Crippen LogP) is 5.44. The topological polar surface area (TPSA) is 95.6 Å². The van der Waals surface area contributed by atoms with E-state index in [1.165, 1.54) is 0 Å². The molecule has 0 bridgehead atoms. The molecule has 1 aliphatic carbocycles. The molecule has 1 heterocycles. The van der Waals surface area contributed by atoms with E-state index in [1.807, 2.05) is 49.1 Å². The Balaban J connectivity index is 1.33. The van der Waals surface area contributed by atoms with E-state index < -0.39 is 10.0 Å². The lowest BCUT2D eigenvalue weighted by Crippen LogP contribution is -2.36. The van der Waals surface area contributed by atoms with E-state index in [2.05, 4.69) is 10.0 Å². The van der Waals surface area contributed by atoms with Gasteiger partial charge in [-0.2, -0.15) is 0 Å². The summed E-state index contributed by atoms with van der Waals surface area (Å²) in [5.41, 5.74) is 4.71. The van der Waals surface area contributed by atoms with Crippen LogP contribution >= 0.6 is 0 Å². The minimum atomic E-state index is -3.82. The largest absolute Gasteiger partial charge is 0.326 e. The minimum absolute atomic E-state index is 0.0631. The summed E-state index contributed by atoms with van der Waals surface area (Å²) in [7, 11) is -3.82. The molecule has 2 N–H and O–H groups in total. The van der Waals surface area contributed by atoms with Crippen LogP contribution in [0.5, 0.6) is 0 Å². The number of anilines is 3. The van der Waals surface area contributed by atoms with Gasteiger partial charge in [0.2, 0.25) is 11.8 Å². The van der Waals surface area contributed by atoms with Gasteiger partial charge in [0.05, 0.1) is 10.6 Å². The van der Waals surface area contributed by atoms with Crippen molar-refractivity contribution in [2.45, 2.75) is 44.4 Å². The Kier molecular flexibility index (Phi) is 6.77. The molecule has 0 aromatic heterocycles. The van der Waals surface area contributed by atoms with E-state index in [1.54, 1.807) is 36.4 Å². The molecule has 2 amide bonds. The lowest BCUT2D eigenvalue weighted by Gasteiger charge is -2.30. The van der Waals surface area contributed by atoms with Crippen molar-refractivity contribution in [1.29, 1.82) is 0 Å². The first kappa shape index (κ1) is 25.0. The molecule has 0 saturated heterocycles. The number of nitrogens with one attached hydrogen (secondary N) is 2. The number of fused-ring (bicyclic) bond motifs is 1. The molecule has 0 spiro atoms. The van der Waals surface area contributed by atoms with Gasteiger partial charge < -0.3 is 10.2 Å². The molecule has 1 saturated carbocycles. The van der Waals surface area contributed by atoms with Crippen LogP contribution in [0.1, 0.15) is 38.7 Å². The third-order valence-electron chi connectivity index (χ3n) is 6.80. The highest BCUT2D eigenvalue weighted by Gasteiger charge is 2.35. The molecule has 2 aliphatic rings. The monoisotopic (exact) mass is 517 g/mol. The lowest BCUT2D eigenvalue weighted by molar-refractivity contribution is -0.120. The van der Waals surface area contributed by atoms with Gasteiger partial charge in [-0.1, -0.05) is 44.2 Å². The van der Waals surface area contributed by atoms with Gasteiger partial charge in [-0.3, -0.25) is 14.3 Å². The molecule has 3 aromatic carbocycles. The fourth-order valence-corrected chi connectivity index (χ4v) is 5.57. The maximum Gasteiger partial charge on any atom is 0.261 e. The van der Waals surface area contributed by atoms with E-state index in [4.69, 9.17) is 0 Å². The summed E-state index contributed by atoms with van der Waals surface area (Å²) in [5, 5.41) is 2.89. The molecule has 1 aliphatic heterocycles. The molecule has 0 radical (unpaired) electrons. The van der Waals surface area contributed by atoms with Crippen LogP contribution in [0.25, 0.3) is 11.1 Å². The number of hydrogen-bond donors (Lipinski definition) is 2. The molecule has 8 heteroatoms. The summed E-state index contributed by atoms with van der Waals surface area (Å²) in [4.78, 5) is 26.7. The van der Waals surface area contributed by atoms with Gasteiger partial charge in [-0.15, -0.1) is 0 Å². The molecular formula is C29H31N3O4S. The van der Waals surface area contributed by atoms with Crippen molar-refractivity contribution in [3.8, 4) is 11.1 Å². The van der Waals surface area contributed by atoms with Crippen LogP contribution in [-0.4, -0.2) is 26.8 Å². The zero-order valence-corrected chi connectivity index (χ0v) is 21.8. The third kappa shape index (κ3) is 5.54. The van der Waals surface area contributed by atoms with Crippen molar-refractivity contribution < 1.29 is 18.0 Å². The predicted molar refractivity (Wildman–Crippen MR) is 146 cm³/mol. The first-order valence-corrected chi connectivity index (χ1v) is 14.2. The fraction of sp³-hybridized carbons (Fsp3) is 0.310. The molecule has 0 unspecified atom stereocenters. The highest BCUT2D eigenvalue weighted by atomic mass is 32.2. The highest BCUT2D eigenvalue weighted by molar-refractivity contribution is 7.92. The van der Waals surface area contributed by atoms with Gasteiger partial charge in [0.15, 0.2) is 0 Å². The number of nitrogens with zero attached hydrogens (tertiary/aromatic N) is 1. The number of rotatable bonds is 7. The van der Waals surface area contributed by atoms with Crippen LogP contribution < -0.4 is 14.9 Å². The van der Waals surface area contributed by atoms with Crippen LogP contribution in [0, 0.1) is 11.8 Å². The van der Waals surface area contributed by atoms with E-state index in [9.17, 15) is 18.0 Å². The van der Waals surface area contributed by atoms with Crippen LogP contribution in [-0.2, 0) is 26.0 Å². The standard InChI is InChI=1S/C29H31N3O4S/c1-19(2)28(33)30-24-7-3-5-23(17-24)20-11-14-26(15-12-20)37(35,36)31-25-13-10-21-6-4-16-32(27(21)18-25)29(34)22-8-9-22/h3,5,7,10-15,17-19,22,31H,4,6,8-9,16H2,1-2H3,(H,30,33). The van der Waals surface area contributed by atoms with Gasteiger partial charge in [-0.25, -0.2) is 8.42 Å². The Labute approximate surface area is 217 Å². The van der Waals surface area contributed by atoms with Crippen molar-refractivity contribution >= 4 is 38.9 Å². The normalized spacial score (nSPS) is 15.3. The Morgan fingerprint density at radius 2 is 1.68 bits per heavy atom. The van der Waals surface area contributed by atoms with Crippen molar-refractivity contribution in [3.05, 3.63) is 72.3 Å². The van der Waals surface area contributed by atoms with Gasteiger partial charge in [-0.05, 0) is 78.8 Å². The molecule has 1 fully saturated rings. The minimum Gasteiger partial charge on any atom is -0.326 e. The molecule has 5 rings (SSSR count). The van der Waals surface area contributed by atoms with Gasteiger partial charge in [0, 0.05) is 29.8 Å². The second-order valence-electron chi connectivity index (χ2n) is 10.1. The van der Waals surface area contributed by atoms with Crippen molar-refractivity contribution in [3.63, 3.8) is 0 Å². The molecule has 7 nitrogen and oxygen atoms in total. The van der Waals surface area contributed by atoms with Crippen LogP contribution in [0.4, 0.5) is 17.1 Å². The highest BCUT2D eigenvalue weighted by Crippen LogP contribution is 2.37. The molecule has 3 aromatic rings. The number of benzene rings is 3. The zero-order valence-electron chi connectivity index (χ0n) is 21.0. The first-order chi connectivity index (χ1) is 17.7. The number of hydrogen-bond acceptors (Lipinski definition) is 4. The summed E-state index contributed by atoms with van der Waals surface area (Å²) in [6, 6.07) is 19.5. The summed E-state index contributed by atoms with van der Waals surface area (Å²) in [6.07, 6.45) is 3.66. The van der Waals surface area contributed by atoms with E-state index >= 15 is 0 Å². The van der Waals surface area contributed by atoms with Crippen LogP contribution in [0.2, 0.25) is 0 Å². The van der Waals surface area contributed by atoms with Gasteiger partial charge in [0.1, 0.15) is 0 Å². The quantitative estimate of drug-likeness (QED) is 0.436. The van der Waals surface area contributed by atoms with E-state index in [0.29, 0.717) is 17.9 Å². The summed E-state index contributed by atoms with van der Waals surface area (Å²) in [5.74, 6) is 0.0609. The Bertz CT molecular complexity index is 1440. The number of amides is 2. The Morgan fingerprint density at radius 3 is 2.38 bits per heavy atom. The van der Waals surface area contributed by atoms with Gasteiger partial charge >= 0.3 is 0 Å². The van der Waals surface area contributed by atoms with Crippen molar-refractivity contribution in [2.24, 2.45) is 11.8 Å². The number of aryl methyl sites for hydroxylation is 1. The first-order valence-electron chi connectivity index (χ1n) is 12.7. The van der Waals surface area contributed by atoms with Crippen molar-refractivity contribution in [1.82, 2.24) is 0 Å².